The number of nitro benzene ring substituents is 1. The normalized spacial score (nSPS) is 12.5. The Morgan fingerprint density at radius 3 is 2.62 bits per heavy atom. The summed E-state index contributed by atoms with van der Waals surface area (Å²) in [6, 6.07) is 4.79. The molecule has 1 rings (SSSR count). The van der Waals surface area contributed by atoms with E-state index >= 15 is 0 Å². The molecule has 0 aliphatic heterocycles. The van der Waals surface area contributed by atoms with E-state index in [4.69, 9.17) is 0 Å². The summed E-state index contributed by atoms with van der Waals surface area (Å²) >= 11 is 0. The van der Waals surface area contributed by atoms with Crippen LogP contribution in [0.3, 0.4) is 0 Å². The summed E-state index contributed by atoms with van der Waals surface area (Å²) in [5.41, 5.74) is 1.15. The quantitative estimate of drug-likeness (QED) is 0.560. The second-order valence-corrected chi connectivity index (χ2v) is 3.00. The van der Waals surface area contributed by atoms with Gasteiger partial charge in [-0.1, -0.05) is 6.07 Å². The summed E-state index contributed by atoms with van der Waals surface area (Å²) in [5, 5.41) is 19.8. The lowest BCUT2D eigenvalue weighted by atomic mass is 10.1. The second kappa shape index (κ2) is 3.53. The van der Waals surface area contributed by atoms with Crippen molar-refractivity contribution in [3.63, 3.8) is 0 Å². The number of nitrogens with zero attached hydrogens (tertiary/aromatic N) is 1. The lowest BCUT2D eigenvalue weighted by Crippen LogP contribution is -1.99. The highest BCUT2D eigenvalue weighted by molar-refractivity contribution is 5.44. The molecule has 1 aromatic rings. The Labute approximate surface area is 76.0 Å². The third-order valence-electron chi connectivity index (χ3n) is 1.83. The Hall–Kier alpha value is -1.42. The van der Waals surface area contributed by atoms with Crippen molar-refractivity contribution in [2.24, 2.45) is 0 Å². The third kappa shape index (κ3) is 2.03. The van der Waals surface area contributed by atoms with Crippen LogP contribution in [-0.4, -0.2) is 10.0 Å². The molecule has 0 saturated heterocycles. The van der Waals surface area contributed by atoms with Crippen molar-refractivity contribution in [2.75, 3.05) is 0 Å². The molecule has 1 unspecified atom stereocenters. The summed E-state index contributed by atoms with van der Waals surface area (Å²) in [6.45, 7) is 3.29. The molecule has 0 aromatic heterocycles. The number of hydrogen-bond acceptors (Lipinski definition) is 3. The lowest BCUT2D eigenvalue weighted by molar-refractivity contribution is -0.386. The molecule has 1 N–H and O–H groups in total. The maximum Gasteiger partial charge on any atom is 0.275 e. The van der Waals surface area contributed by atoms with E-state index in [1.165, 1.54) is 13.0 Å². The van der Waals surface area contributed by atoms with Gasteiger partial charge in [-0.05, 0) is 25.5 Å². The zero-order chi connectivity index (χ0) is 10.0. The molecular formula is C9H11NO3. The number of aryl methyl sites for hydroxylation is 1. The highest BCUT2D eigenvalue weighted by Crippen LogP contribution is 2.25. The lowest BCUT2D eigenvalue weighted by Gasteiger charge is -2.05. The molecule has 13 heavy (non-hydrogen) atoms. The first-order valence-corrected chi connectivity index (χ1v) is 3.95. The Kier molecular flexibility index (Phi) is 2.63. The van der Waals surface area contributed by atoms with Crippen molar-refractivity contribution < 1.29 is 10.0 Å². The third-order valence-corrected chi connectivity index (χ3v) is 1.83. The molecule has 1 atom stereocenters. The largest absolute Gasteiger partial charge is 0.388 e. The molecular weight excluding hydrogens is 170 g/mol. The maximum absolute atomic E-state index is 10.6. The van der Waals surface area contributed by atoms with Gasteiger partial charge in [0.1, 0.15) is 0 Å². The number of hydrogen-bond donors (Lipinski definition) is 1. The predicted octanol–water partition coefficient (Wildman–Crippen LogP) is 1.96. The van der Waals surface area contributed by atoms with Gasteiger partial charge in [0.15, 0.2) is 0 Å². The number of nitro groups is 1. The van der Waals surface area contributed by atoms with Gasteiger partial charge in [0, 0.05) is 6.07 Å². The van der Waals surface area contributed by atoms with Crippen LogP contribution in [0.15, 0.2) is 18.2 Å². The number of benzene rings is 1. The van der Waals surface area contributed by atoms with Crippen LogP contribution >= 0.6 is 0 Å². The molecule has 0 heterocycles. The average molecular weight is 181 g/mol. The Morgan fingerprint density at radius 2 is 2.15 bits per heavy atom. The zero-order valence-electron chi connectivity index (χ0n) is 7.52. The fourth-order valence-corrected chi connectivity index (χ4v) is 1.17. The zero-order valence-corrected chi connectivity index (χ0v) is 7.52. The SMILES string of the molecule is Cc1ccc(C(C)O)c([N+](=O)[O-])c1. The van der Waals surface area contributed by atoms with E-state index in [-0.39, 0.29) is 5.69 Å². The van der Waals surface area contributed by atoms with Crippen LogP contribution < -0.4 is 0 Å². The Balaban J connectivity index is 3.27. The number of aliphatic hydroxyl groups is 1. The highest BCUT2D eigenvalue weighted by atomic mass is 16.6. The first kappa shape index (κ1) is 9.67. The van der Waals surface area contributed by atoms with Crippen molar-refractivity contribution in [2.45, 2.75) is 20.0 Å². The summed E-state index contributed by atoms with van der Waals surface area (Å²) in [5.74, 6) is 0. The first-order valence-electron chi connectivity index (χ1n) is 3.95. The maximum atomic E-state index is 10.6. The number of rotatable bonds is 2. The molecule has 0 spiro atoms. The van der Waals surface area contributed by atoms with Gasteiger partial charge in [-0.3, -0.25) is 10.1 Å². The van der Waals surface area contributed by atoms with Crippen LogP contribution in [0.4, 0.5) is 5.69 Å². The molecule has 0 bridgehead atoms. The van der Waals surface area contributed by atoms with Crippen LogP contribution in [0.25, 0.3) is 0 Å². The summed E-state index contributed by atoms with van der Waals surface area (Å²) < 4.78 is 0. The molecule has 70 valence electrons. The van der Waals surface area contributed by atoms with Gasteiger partial charge in [0.2, 0.25) is 0 Å². The van der Waals surface area contributed by atoms with Gasteiger partial charge >= 0.3 is 0 Å². The van der Waals surface area contributed by atoms with Gasteiger partial charge in [-0.25, -0.2) is 0 Å². The molecule has 0 radical (unpaired) electrons. The van der Waals surface area contributed by atoms with E-state index in [0.29, 0.717) is 5.56 Å². The van der Waals surface area contributed by atoms with E-state index in [1.54, 1.807) is 19.1 Å². The molecule has 0 aliphatic rings. The summed E-state index contributed by atoms with van der Waals surface area (Å²) in [6.07, 6.45) is -0.805. The van der Waals surface area contributed by atoms with Gasteiger partial charge < -0.3 is 5.11 Å². The van der Waals surface area contributed by atoms with E-state index in [0.717, 1.165) is 5.56 Å². The van der Waals surface area contributed by atoms with Gasteiger partial charge in [-0.2, -0.15) is 0 Å². The highest BCUT2D eigenvalue weighted by Gasteiger charge is 2.16. The Bertz CT molecular complexity index is 334. The first-order chi connectivity index (χ1) is 6.02. The smallest absolute Gasteiger partial charge is 0.275 e. The molecule has 1 aromatic carbocycles. The van der Waals surface area contributed by atoms with E-state index in [2.05, 4.69) is 0 Å². The molecule has 0 saturated carbocycles. The summed E-state index contributed by atoms with van der Waals surface area (Å²) in [7, 11) is 0. The minimum atomic E-state index is -0.805. The molecule has 0 amide bonds. The molecule has 4 nitrogen and oxygen atoms in total. The van der Waals surface area contributed by atoms with Gasteiger partial charge in [-0.15, -0.1) is 0 Å². The van der Waals surface area contributed by atoms with E-state index < -0.39 is 11.0 Å². The minimum absolute atomic E-state index is 0.0185. The van der Waals surface area contributed by atoms with Crippen LogP contribution in [-0.2, 0) is 0 Å². The van der Waals surface area contributed by atoms with E-state index in [9.17, 15) is 15.2 Å². The van der Waals surface area contributed by atoms with Crippen LogP contribution in [0, 0.1) is 17.0 Å². The van der Waals surface area contributed by atoms with Crippen molar-refractivity contribution >= 4 is 5.69 Å². The van der Waals surface area contributed by atoms with Crippen LogP contribution in [0.2, 0.25) is 0 Å². The fourth-order valence-electron chi connectivity index (χ4n) is 1.17. The van der Waals surface area contributed by atoms with Crippen molar-refractivity contribution in [3.05, 3.63) is 39.4 Å². The van der Waals surface area contributed by atoms with Crippen molar-refractivity contribution in [1.82, 2.24) is 0 Å². The van der Waals surface area contributed by atoms with Gasteiger partial charge in [0.25, 0.3) is 5.69 Å². The molecule has 0 fully saturated rings. The van der Waals surface area contributed by atoms with Gasteiger partial charge in [0.05, 0.1) is 16.6 Å². The fraction of sp³-hybridized carbons (Fsp3) is 0.333. The molecule has 4 heteroatoms. The topological polar surface area (TPSA) is 63.4 Å². The summed E-state index contributed by atoms with van der Waals surface area (Å²) in [4.78, 5) is 10.1. The predicted molar refractivity (Wildman–Crippen MR) is 48.5 cm³/mol. The van der Waals surface area contributed by atoms with Crippen molar-refractivity contribution in [3.8, 4) is 0 Å². The minimum Gasteiger partial charge on any atom is -0.388 e. The second-order valence-electron chi connectivity index (χ2n) is 3.00. The standard InChI is InChI=1S/C9H11NO3/c1-6-3-4-8(7(2)11)9(5-6)10(12)13/h3-5,7,11H,1-2H3. The van der Waals surface area contributed by atoms with Crippen LogP contribution in [0.5, 0.6) is 0 Å². The number of aliphatic hydroxyl groups excluding tert-OH is 1. The average Bonchev–Trinajstić information content (AvgIpc) is 2.03. The Morgan fingerprint density at radius 1 is 1.54 bits per heavy atom. The monoisotopic (exact) mass is 181 g/mol. The van der Waals surface area contributed by atoms with E-state index in [1.807, 2.05) is 0 Å². The van der Waals surface area contributed by atoms with Crippen molar-refractivity contribution in [1.29, 1.82) is 0 Å². The van der Waals surface area contributed by atoms with Crippen LogP contribution in [0.1, 0.15) is 24.2 Å². The molecule has 0 aliphatic carbocycles.